The molecule has 1 heterocycles. The van der Waals surface area contributed by atoms with E-state index in [-0.39, 0.29) is 31.5 Å². The Bertz CT molecular complexity index is 215. The molecule has 17 heavy (non-hydrogen) atoms. The minimum atomic E-state index is -3.07. The summed E-state index contributed by atoms with van der Waals surface area (Å²) >= 11 is 0. The molecule has 2 atom stereocenters. The van der Waals surface area contributed by atoms with E-state index < -0.39 is 8.80 Å². The maximum atomic E-state index is 10.2. The second kappa shape index (κ2) is 7.42. The molecular formula is C10H22O6Si. The number of rotatable bonds is 5. The van der Waals surface area contributed by atoms with Gasteiger partial charge in [-0.1, -0.05) is 13.8 Å². The lowest BCUT2D eigenvalue weighted by molar-refractivity contribution is -0.0837. The largest absolute Gasteiger partial charge is 0.501 e. The minimum absolute atomic E-state index is 0.0125. The molecular weight excluding hydrogens is 244 g/mol. The van der Waals surface area contributed by atoms with E-state index in [2.05, 4.69) is 0 Å². The van der Waals surface area contributed by atoms with Gasteiger partial charge in [-0.05, 0) is 0 Å². The summed E-state index contributed by atoms with van der Waals surface area (Å²) in [5.74, 6) is 0. The van der Waals surface area contributed by atoms with Crippen LogP contribution < -0.4 is 0 Å². The normalized spacial score (nSPS) is 31.2. The molecule has 7 heteroatoms. The molecule has 0 amide bonds. The maximum Gasteiger partial charge on any atom is 0.501 e. The summed E-state index contributed by atoms with van der Waals surface area (Å²) in [5.41, 5.74) is -0.0281. The number of aliphatic hydroxyl groups is 1. The van der Waals surface area contributed by atoms with Gasteiger partial charge >= 0.3 is 8.80 Å². The van der Waals surface area contributed by atoms with Crippen LogP contribution in [0.3, 0.4) is 0 Å². The van der Waals surface area contributed by atoms with Gasteiger partial charge < -0.3 is 28.2 Å². The first-order valence-corrected chi connectivity index (χ1v) is 7.73. The van der Waals surface area contributed by atoms with Gasteiger partial charge in [0.15, 0.2) is 0 Å². The Balaban J connectivity index is 2.39. The molecule has 6 nitrogen and oxygen atoms in total. The first kappa shape index (κ1) is 15.0. The highest BCUT2D eigenvalue weighted by molar-refractivity contribution is 6.60. The number of ether oxygens (including phenoxy) is 2. The van der Waals surface area contributed by atoms with E-state index in [0.717, 1.165) is 0 Å². The van der Waals surface area contributed by atoms with Crippen LogP contribution in [0.15, 0.2) is 0 Å². The highest BCUT2D eigenvalue weighted by atomic mass is 28.4. The predicted octanol–water partition coefficient (Wildman–Crippen LogP) is -0.232. The van der Waals surface area contributed by atoms with Crippen LogP contribution >= 0.6 is 0 Å². The molecule has 0 bridgehead atoms. The van der Waals surface area contributed by atoms with Crippen molar-refractivity contribution in [1.82, 2.24) is 0 Å². The third-order valence-electron chi connectivity index (χ3n) is 2.49. The zero-order chi connectivity index (χ0) is 12.7. The molecule has 2 N–H and O–H groups in total. The lowest BCUT2D eigenvalue weighted by Gasteiger charge is -2.32. The van der Waals surface area contributed by atoms with Gasteiger partial charge in [-0.3, -0.25) is 0 Å². The average Bonchev–Trinajstić information content (AvgIpc) is 2.27. The molecule has 102 valence electrons. The Kier molecular flexibility index (Phi) is 6.56. The summed E-state index contributed by atoms with van der Waals surface area (Å²) in [4.78, 5) is 10.2. The lowest BCUT2D eigenvalue weighted by Crippen LogP contribution is -2.50. The fraction of sp³-hybridized carbons (Fsp3) is 1.00. The Morgan fingerprint density at radius 3 is 2.76 bits per heavy atom. The van der Waals surface area contributed by atoms with Crippen molar-refractivity contribution in [2.45, 2.75) is 25.5 Å². The van der Waals surface area contributed by atoms with E-state index >= 15 is 0 Å². The summed E-state index contributed by atoms with van der Waals surface area (Å²) in [5, 5.41) is 8.60. The van der Waals surface area contributed by atoms with Crippen LogP contribution in [0.25, 0.3) is 0 Å². The fourth-order valence-corrected chi connectivity index (χ4v) is 2.96. The SMILES string of the molecule is CC(C)[Si]1(O)OCCOC(COCCO)CO1. The van der Waals surface area contributed by atoms with Gasteiger partial charge in [0, 0.05) is 5.54 Å². The monoisotopic (exact) mass is 266 g/mol. The summed E-state index contributed by atoms with van der Waals surface area (Å²) in [6.07, 6.45) is -0.219. The fourth-order valence-electron chi connectivity index (χ4n) is 1.41. The molecule has 1 aliphatic rings. The van der Waals surface area contributed by atoms with Crippen molar-refractivity contribution in [1.29, 1.82) is 0 Å². The van der Waals surface area contributed by atoms with Gasteiger partial charge in [-0.2, -0.15) is 0 Å². The van der Waals surface area contributed by atoms with Crippen molar-refractivity contribution in [2.75, 3.05) is 39.6 Å². The van der Waals surface area contributed by atoms with Crippen molar-refractivity contribution in [2.24, 2.45) is 0 Å². The van der Waals surface area contributed by atoms with Gasteiger partial charge in [0.05, 0.1) is 39.6 Å². The van der Waals surface area contributed by atoms with E-state index in [0.29, 0.717) is 19.8 Å². The molecule has 1 aliphatic heterocycles. The van der Waals surface area contributed by atoms with E-state index in [4.69, 9.17) is 23.4 Å². The predicted molar refractivity (Wildman–Crippen MR) is 62.6 cm³/mol. The quantitative estimate of drug-likeness (QED) is 0.529. The zero-order valence-electron chi connectivity index (χ0n) is 10.4. The highest BCUT2D eigenvalue weighted by Crippen LogP contribution is 2.22. The third kappa shape index (κ3) is 5.00. The van der Waals surface area contributed by atoms with Crippen LogP contribution in [-0.4, -0.2) is 64.5 Å². The van der Waals surface area contributed by atoms with Crippen molar-refractivity contribution in [3.05, 3.63) is 0 Å². The molecule has 0 aromatic carbocycles. The van der Waals surface area contributed by atoms with E-state index in [1.54, 1.807) is 0 Å². The van der Waals surface area contributed by atoms with Gasteiger partial charge in [-0.25, -0.2) is 0 Å². The number of hydrogen-bond acceptors (Lipinski definition) is 6. The van der Waals surface area contributed by atoms with Crippen LogP contribution in [0.1, 0.15) is 13.8 Å². The highest BCUT2D eigenvalue weighted by Gasteiger charge is 2.42. The van der Waals surface area contributed by atoms with E-state index in [9.17, 15) is 4.80 Å². The van der Waals surface area contributed by atoms with Crippen molar-refractivity contribution in [3.8, 4) is 0 Å². The van der Waals surface area contributed by atoms with Crippen molar-refractivity contribution < 1.29 is 28.2 Å². The number of aliphatic hydroxyl groups excluding tert-OH is 1. The van der Waals surface area contributed by atoms with Crippen LogP contribution in [0.5, 0.6) is 0 Å². The molecule has 0 saturated carbocycles. The van der Waals surface area contributed by atoms with E-state index in [1.807, 2.05) is 13.8 Å². The van der Waals surface area contributed by atoms with Crippen LogP contribution in [-0.2, 0) is 18.3 Å². The standard InChI is InChI=1S/C10H22O6Si/c1-9(2)17(12)15-6-5-14-10(8-16-17)7-13-4-3-11/h9-12H,3-8H2,1-2H3. The minimum Gasteiger partial charge on any atom is -0.394 e. The molecule has 2 unspecified atom stereocenters. The van der Waals surface area contributed by atoms with Crippen LogP contribution in [0.2, 0.25) is 5.54 Å². The third-order valence-corrected chi connectivity index (χ3v) is 5.15. The van der Waals surface area contributed by atoms with Gasteiger partial charge in [0.1, 0.15) is 6.10 Å². The lowest BCUT2D eigenvalue weighted by atomic mass is 10.4. The van der Waals surface area contributed by atoms with Crippen LogP contribution in [0.4, 0.5) is 0 Å². The summed E-state index contributed by atoms with van der Waals surface area (Å²) in [7, 11) is -3.07. The van der Waals surface area contributed by atoms with E-state index in [1.165, 1.54) is 0 Å². The van der Waals surface area contributed by atoms with Crippen molar-refractivity contribution in [3.63, 3.8) is 0 Å². The molecule has 0 aromatic rings. The van der Waals surface area contributed by atoms with Crippen molar-refractivity contribution >= 4 is 8.80 Å². The second-order valence-corrected chi connectivity index (χ2v) is 7.23. The molecule has 0 radical (unpaired) electrons. The second-order valence-electron chi connectivity index (χ2n) is 4.24. The van der Waals surface area contributed by atoms with Gasteiger partial charge in [0.25, 0.3) is 0 Å². The molecule has 0 aromatic heterocycles. The van der Waals surface area contributed by atoms with Crippen LogP contribution in [0, 0.1) is 0 Å². The molecule has 1 fully saturated rings. The Labute approximate surface area is 103 Å². The zero-order valence-corrected chi connectivity index (χ0v) is 11.4. The summed E-state index contributed by atoms with van der Waals surface area (Å²) < 4.78 is 21.5. The Morgan fingerprint density at radius 1 is 1.35 bits per heavy atom. The smallest absolute Gasteiger partial charge is 0.394 e. The molecule has 1 rings (SSSR count). The Hall–Kier alpha value is -0.0231. The summed E-state index contributed by atoms with van der Waals surface area (Å²) in [6.45, 7) is 5.38. The number of hydrogen-bond donors (Lipinski definition) is 2. The van der Waals surface area contributed by atoms with Gasteiger partial charge in [0.2, 0.25) is 0 Å². The molecule has 1 saturated heterocycles. The molecule has 0 aliphatic carbocycles. The Morgan fingerprint density at radius 2 is 2.12 bits per heavy atom. The van der Waals surface area contributed by atoms with Gasteiger partial charge in [-0.15, -0.1) is 0 Å². The first-order valence-electron chi connectivity index (χ1n) is 5.89. The maximum absolute atomic E-state index is 10.2. The topological polar surface area (TPSA) is 77.4 Å². The summed E-state index contributed by atoms with van der Waals surface area (Å²) in [6, 6.07) is 0. The first-order chi connectivity index (χ1) is 8.08. The molecule has 0 spiro atoms. The average molecular weight is 266 g/mol.